The average molecular weight is 389 g/mol. The first kappa shape index (κ1) is 20.4. The Kier molecular flexibility index (Phi) is 5.65. The van der Waals surface area contributed by atoms with E-state index in [1.165, 1.54) is 44.9 Å². The van der Waals surface area contributed by atoms with Gasteiger partial charge in [0.05, 0.1) is 12.3 Å². The summed E-state index contributed by atoms with van der Waals surface area (Å²) in [7, 11) is 4.10. The third kappa shape index (κ3) is 3.45. The van der Waals surface area contributed by atoms with Gasteiger partial charge in [0.2, 0.25) is 0 Å². The van der Waals surface area contributed by atoms with Gasteiger partial charge in [0.25, 0.3) is 0 Å². The zero-order valence-corrected chi connectivity index (χ0v) is 18.4. The van der Waals surface area contributed by atoms with Crippen molar-refractivity contribution in [1.29, 1.82) is 0 Å². The standard InChI is InChI=1S/C24H40N2O2/c1-23-11-9-17(16-25-28-14-13-26(3)4)15-18(23)5-6-19-20-7-8-22(27)24(20,2)12-10-21(19)23/h15-17,19-22,27H,5-14H2,1-4H3. The normalized spacial score (nSPS) is 45.5. The molecule has 0 saturated heterocycles. The maximum absolute atomic E-state index is 10.6. The summed E-state index contributed by atoms with van der Waals surface area (Å²) >= 11 is 0. The van der Waals surface area contributed by atoms with Crippen LogP contribution in [0.4, 0.5) is 0 Å². The van der Waals surface area contributed by atoms with Crippen molar-refractivity contribution in [1.82, 2.24) is 4.90 Å². The number of rotatable bonds is 5. The first-order valence-electron chi connectivity index (χ1n) is 11.5. The Morgan fingerprint density at radius 1 is 1.14 bits per heavy atom. The van der Waals surface area contributed by atoms with Crippen molar-refractivity contribution in [2.75, 3.05) is 27.2 Å². The fourth-order valence-electron chi connectivity index (χ4n) is 7.24. The van der Waals surface area contributed by atoms with Crippen LogP contribution in [0.2, 0.25) is 0 Å². The lowest BCUT2D eigenvalue weighted by atomic mass is 9.47. The predicted molar refractivity (Wildman–Crippen MR) is 114 cm³/mol. The Hall–Kier alpha value is -0.870. The van der Waals surface area contributed by atoms with Crippen LogP contribution in [-0.2, 0) is 4.84 Å². The second-order valence-corrected chi connectivity index (χ2v) is 10.8. The lowest BCUT2D eigenvalue weighted by Gasteiger charge is -2.58. The second-order valence-electron chi connectivity index (χ2n) is 10.8. The van der Waals surface area contributed by atoms with Crippen LogP contribution in [0.3, 0.4) is 0 Å². The van der Waals surface area contributed by atoms with Crippen molar-refractivity contribution in [3.8, 4) is 0 Å². The van der Waals surface area contributed by atoms with Crippen molar-refractivity contribution in [2.24, 2.45) is 39.7 Å². The number of oxime groups is 1. The molecular formula is C24H40N2O2. The van der Waals surface area contributed by atoms with E-state index >= 15 is 0 Å². The minimum atomic E-state index is -0.0670. The molecule has 0 heterocycles. The Morgan fingerprint density at radius 2 is 1.96 bits per heavy atom. The summed E-state index contributed by atoms with van der Waals surface area (Å²) < 4.78 is 0. The highest BCUT2D eigenvalue weighted by Crippen LogP contribution is 2.65. The van der Waals surface area contributed by atoms with E-state index in [1.54, 1.807) is 5.57 Å². The number of hydrogen-bond donors (Lipinski definition) is 1. The summed E-state index contributed by atoms with van der Waals surface area (Å²) in [4.78, 5) is 7.55. The monoisotopic (exact) mass is 388 g/mol. The van der Waals surface area contributed by atoms with Crippen LogP contribution in [0.1, 0.15) is 65.2 Å². The molecule has 158 valence electrons. The summed E-state index contributed by atoms with van der Waals surface area (Å²) in [5, 5.41) is 14.9. The van der Waals surface area contributed by atoms with Gasteiger partial charge >= 0.3 is 0 Å². The fourth-order valence-corrected chi connectivity index (χ4v) is 7.24. The number of aliphatic hydroxyl groups excluding tert-OH is 1. The highest BCUT2D eigenvalue weighted by molar-refractivity contribution is 5.63. The van der Waals surface area contributed by atoms with Crippen LogP contribution in [0.25, 0.3) is 0 Å². The maximum atomic E-state index is 10.6. The molecule has 0 amide bonds. The van der Waals surface area contributed by atoms with Crippen LogP contribution in [0, 0.1) is 34.5 Å². The molecule has 4 aliphatic carbocycles. The molecule has 0 aromatic carbocycles. The van der Waals surface area contributed by atoms with Crippen molar-refractivity contribution in [3.05, 3.63) is 11.6 Å². The summed E-state index contributed by atoms with van der Waals surface area (Å²) in [5.74, 6) is 2.80. The molecular weight excluding hydrogens is 348 g/mol. The molecule has 4 rings (SSSR count). The van der Waals surface area contributed by atoms with Crippen molar-refractivity contribution >= 4 is 6.21 Å². The molecule has 4 heteroatoms. The van der Waals surface area contributed by atoms with Crippen LogP contribution >= 0.6 is 0 Å². The van der Waals surface area contributed by atoms with Gasteiger partial charge in [-0.05, 0) is 94.0 Å². The van der Waals surface area contributed by atoms with Gasteiger partial charge in [-0.25, -0.2) is 0 Å². The van der Waals surface area contributed by atoms with Gasteiger partial charge in [-0.3, -0.25) is 0 Å². The molecule has 0 aromatic heterocycles. The average Bonchev–Trinajstić information content (AvgIpc) is 2.96. The SMILES string of the molecule is CN(C)CCON=CC1C=C2CCC3C(CCC4(C)C(O)CCC34)C2(C)CC1. The van der Waals surface area contributed by atoms with Crippen LogP contribution in [-0.4, -0.2) is 49.6 Å². The number of allylic oxidation sites excluding steroid dienone is 2. The van der Waals surface area contributed by atoms with Crippen LogP contribution in [0.15, 0.2) is 16.8 Å². The summed E-state index contributed by atoms with van der Waals surface area (Å²) in [6.45, 7) is 6.48. The van der Waals surface area contributed by atoms with E-state index in [1.807, 2.05) is 6.21 Å². The van der Waals surface area contributed by atoms with Gasteiger partial charge in [-0.1, -0.05) is 30.7 Å². The Labute approximate surface area is 171 Å². The largest absolute Gasteiger partial charge is 0.395 e. The molecule has 28 heavy (non-hydrogen) atoms. The van der Waals surface area contributed by atoms with Crippen molar-refractivity contribution < 1.29 is 9.94 Å². The quantitative estimate of drug-likeness (QED) is 0.327. The predicted octanol–water partition coefficient (Wildman–Crippen LogP) is 4.49. The molecule has 4 nitrogen and oxygen atoms in total. The number of likely N-dealkylation sites (N-methyl/N-ethyl adjacent to an activating group) is 1. The van der Waals surface area contributed by atoms with Crippen LogP contribution in [0.5, 0.6) is 0 Å². The smallest absolute Gasteiger partial charge is 0.129 e. The van der Waals surface area contributed by atoms with Gasteiger partial charge in [-0.2, -0.15) is 0 Å². The molecule has 0 bridgehead atoms. The molecule has 1 N–H and O–H groups in total. The summed E-state index contributed by atoms with van der Waals surface area (Å²) in [6.07, 6.45) is 14.3. The van der Waals surface area contributed by atoms with E-state index in [2.05, 4.69) is 44.1 Å². The highest BCUT2D eigenvalue weighted by Gasteiger charge is 2.58. The number of nitrogens with zero attached hydrogens (tertiary/aromatic N) is 2. The van der Waals surface area contributed by atoms with Crippen molar-refractivity contribution in [3.63, 3.8) is 0 Å². The number of hydrogen-bond acceptors (Lipinski definition) is 4. The number of aliphatic hydroxyl groups is 1. The van der Waals surface area contributed by atoms with Gasteiger partial charge in [0, 0.05) is 12.5 Å². The molecule has 3 fully saturated rings. The molecule has 0 aliphatic heterocycles. The van der Waals surface area contributed by atoms with E-state index in [0.717, 1.165) is 30.7 Å². The van der Waals surface area contributed by atoms with E-state index in [4.69, 9.17) is 4.84 Å². The third-order valence-electron chi connectivity index (χ3n) is 9.05. The van der Waals surface area contributed by atoms with Gasteiger partial charge in [0.15, 0.2) is 0 Å². The second kappa shape index (κ2) is 7.75. The first-order chi connectivity index (χ1) is 13.3. The molecule has 3 saturated carbocycles. The topological polar surface area (TPSA) is 45.1 Å². The van der Waals surface area contributed by atoms with Crippen LogP contribution < -0.4 is 0 Å². The van der Waals surface area contributed by atoms with Gasteiger partial charge in [-0.15, -0.1) is 0 Å². The molecule has 0 radical (unpaired) electrons. The molecule has 4 aliphatic rings. The van der Waals surface area contributed by atoms with E-state index in [9.17, 15) is 5.11 Å². The third-order valence-corrected chi connectivity index (χ3v) is 9.05. The Balaban J connectivity index is 1.43. The Bertz CT molecular complexity index is 630. The zero-order chi connectivity index (χ0) is 19.9. The number of fused-ring (bicyclic) bond motifs is 5. The van der Waals surface area contributed by atoms with E-state index < -0.39 is 0 Å². The fraction of sp³-hybridized carbons (Fsp3) is 0.875. The maximum Gasteiger partial charge on any atom is 0.129 e. The minimum Gasteiger partial charge on any atom is -0.395 e. The lowest BCUT2D eigenvalue weighted by Crippen LogP contribution is -2.51. The minimum absolute atomic E-state index is 0.0670. The van der Waals surface area contributed by atoms with E-state index in [-0.39, 0.29) is 11.5 Å². The molecule has 0 spiro atoms. The van der Waals surface area contributed by atoms with Crippen molar-refractivity contribution in [2.45, 2.75) is 71.3 Å². The summed E-state index contributed by atoms with van der Waals surface area (Å²) in [5.41, 5.74) is 2.24. The lowest BCUT2D eigenvalue weighted by molar-refractivity contribution is -0.0741. The zero-order valence-electron chi connectivity index (χ0n) is 18.4. The Morgan fingerprint density at radius 3 is 2.75 bits per heavy atom. The molecule has 7 unspecified atom stereocenters. The first-order valence-corrected chi connectivity index (χ1v) is 11.5. The highest BCUT2D eigenvalue weighted by atomic mass is 16.6. The van der Waals surface area contributed by atoms with E-state index in [0.29, 0.717) is 17.9 Å². The molecule has 0 aromatic rings. The summed E-state index contributed by atoms with van der Waals surface area (Å²) in [6, 6.07) is 0. The van der Waals surface area contributed by atoms with Gasteiger partial charge < -0.3 is 14.8 Å². The van der Waals surface area contributed by atoms with Gasteiger partial charge in [0.1, 0.15) is 6.61 Å². The molecule has 7 atom stereocenters.